The molecule has 2 heterocycles. The van der Waals surface area contributed by atoms with Crippen LogP contribution in [-0.4, -0.2) is 41.3 Å². The molecule has 4 heteroatoms. The molecule has 0 amide bonds. The number of hydrogen-bond donors (Lipinski definition) is 0. The SMILES string of the molecule is [Al][c]1cccc2c3ccncc3[n]([Al])c12. The number of fused-ring (bicyclic) bond motifs is 3. The van der Waals surface area contributed by atoms with E-state index < -0.39 is 0 Å². The summed E-state index contributed by atoms with van der Waals surface area (Å²) in [5.41, 5.74) is 2.38. The van der Waals surface area contributed by atoms with Crippen molar-refractivity contribution in [2.75, 3.05) is 0 Å². The average Bonchev–Trinajstić information content (AvgIpc) is 2.55. The summed E-state index contributed by atoms with van der Waals surface area (Å²) in [6.45, 7) is 0. The first-order valence-corrected chi connectivity index (χ1v) is 5.76. The minimum atomic E-state index is 1.15. The average molecular weight is 220 g/mol. The smallest absolute Gasteiger partial charge is 0.318 e. The normalized spacial score (nSPS) is 11.2. The molecule has 4 radical (unpaired) electrons. The Kier molecular flexibility index (Phi) is 2.13. The summed E-state index contributed by atoms with van der Waals surface area (Å²) < 4.78 is 3.32. The highest BCUT2D eigenvalue weighted by molar-refractivity contribution is 6.41. The van der Waals surface area contributed by atoms with Gasteiger partial charge in [0, 0.05) is 34.2 Å². The topological polar surface area (TPSA) is 17.8 Å². The Morgan fingerprint density at radius 2 is 2.00 bits per heavy atom. The minimum absolute atomic E-state index is 1.15. The standard InChI is InChI=1S/C11H6N2.2Al/c1-2-4-10-8(3-1)9-5-6-12-7-11(9)13-10;;/h1-3,5-7H;;/q-1;;+1. The van der Waals surface area contributed by atoms with Gasteiger partial charge in [0.25, 0.3) is 0 Å². The number of hydrogen-bond acceptors (Lipinski definition) is 1. The van der Waals surface area contributed by atoms with Crippen molar-refractivity contribution in [1.82, 2.24) is 8.53 Å². The summed E-state index contributed by atoms with van der Waals surface area (Å²) in [5, 5.41) is 2.52. The minimum Gasteiger partial charge on any atom is -0.451 e. The molecule has 2 aromatic heterocycles. The number of para-hydroxylation sites is 1. The lowest BCUT2D eigenvalue weighted by molar-refractivity contribution is 1.31. The second-order valence-corrected chi connectivity index (χ2v) is 4.64. The highest BCUT2D eigenvalue weighted by atomic mass is 27.1. The van der Waals surface area contributed by atoms with Gasteiger partial charge in [-0.15, -0.1) is 4.43 Å². The van der Waals surface area contributed by atoms with Crippen LogP contribution in [0, 0.1) is 0 Å². The zero-order valence-electron chi connectivity index (χ0n) is 8.01. The fourth-order valence-electron chi connectivity index (χ4n) is 1.97. The molecule has 0 aliphatic carbocycles. The van der Waals surface area contributed by atoms with E-state index in [1.165, 1.54) is 20.7 Å². The molecule has 0 unspecified atom stereocenters. The summed E-state index contributed by atoms with van der Waals surface area (Å²) >= 11 is 5.52. The molecular formula is C11H6Al2N2. The summed E-state index contributed by atoms with van der Waals surface area (Å²) in [6, 6.07) is 8.38. The van der Waals surface area contributed by atoms with Crippen LogP contribution in [0.4, 0.5) is 0 Å². The van der Waals surface area contributed by atoms with E-state index in [2.05, 4.69) is 65.6 Å². The van der Waals surface area contributed by atoms with E-state index in [0.29, 0.717) is 0 Å². The largest absolute Gasteiger partial charge is 0.451 e. The molecule has 0 aliphatic heterocycles. The number of nitrogens with zero attached hydrogens (tertiary/aromatic N) is 2. The van der Waals surface area contributed by atoms with E-state index in [4.69, 9.17) is 0 Å². The van der Waals surface area contributed by atoms with E-state index in [1.54, 1.807) is 0 Å². The van der Waals surface area contributed by atoms with Crippen LogP contribution in [0.5, 0.6) is 0 Å². The Hall–Kier alpha value is -0.765. The molecular weight excluding hydrogens is 214 g/mol. The van der Waals surface area contributed by atoms with Crippen LogP contribution in [0.25, 0.3) is 21.8 Å². The highest BCUT2D eigenvalue weighted by Gasteiger charge is 2.06. The molecule has 0 aliphatic rings. The van der Waals surface area contributed by atoms with E-state index in [1.807, 2.05) is 12.4 Å². The van der Waals surface area contributed by atoms with Crippen LogP contribution >= 0.6 is 0 Å². The molecule has 0 saturated heterocycles. The third kappa shape index (κ3) is 1.27. The van der Waals surface area contributed by atoms with Crippen LogP contribution in [0.2, 0.25) is 0 Å². The molecule has 0 fully saturated rings. The molecule has 0 saturated carbocycles. The fraction of sp³-hybridized carbons (Fsp3) is 0. The Morgan fingerprint density at radius 1 is 1.13 bits per heavy atom. The van der Waals surface area contributed by atoms with E-state index in [0.717, 1.165) is 5.52 Å². The summed E-state index contributed by atoms with van der Waals surface area (Å²) in [5.74, 6) is 0. The monoisotopic (exact) mass is 220 g/mol. The van der Waals surface area contributed by atoms with Crippen molar-refractivity contribution in [3.63, 3.8) is 0 Å². The van der Waals surface area contributed by atoms with E-state index >= 15 is 0 Å². The van der Waals surface area contributed by atoms with Gasteiger partial charge in [-0.25, -0.2) is 0 Å². The molecule has 15 heavy (non-hydrogen) atoms. The molecule has 0 bridgehead atoms. The Bertz CT molecular complexity index is 658. The van der Waals surface area contributed by atoms with Crippen molar-refractivity contribution >= 4 is 59.0 Å². The molecule has 2 nitrogen and oxygen atoms in total. The van der Waals surface area contributed by atoms with Crippen LogP contribution < -0.4 is 4.43 Å². The number of pyridine rings is 1. The first-order valence-electron chi connectivity index (χ1n) is 4.67. The van der Waals surface area contributed by atoms with Gasteiger partial charge in [-0.1, -0.05) is 18.2 Å². The Balaban J connectivity index is 2.69. The lowest BCUT2D eigenvalue weighted by Gasteiger charge is -2.03. The van der Waals surface area contributed by atoms with Crippen molar-refractivity contribution in [3.05, 3.63) is 36.7 Å². The Morgan fingerprint density at radius 3 is 2.87 bits per heavy atom. The van der Waals surface area contributed by atoms with Crippen molar-refractivity contribution < 1.29 is 0 Å². The van der Waals surface area contributed by atoms with Crippen LogP contribution in [0.15, 0.2) is 36.7 Å². The van der Waals surface area contributed by atoms with Crippen LogP contribution in [0.3, 0.4) is 0 Å². The summed E-state index contributed by atoms with van der Waals surface area (Å²) in [4.78, 5) is 4.16. The van der Waals surface area contributed by atoms with Gasteiger partial charge in [-0.3, -0.25) is 4.98 Å². The van der Waals surface area contributed by atoms with Crippen LogP contribution in [-0.2, 0) is 0 Å². The van der Waals surface area contributed by atoms with E-state index in [9.17, 15) is 0 Å². The van der Waals surface area contributed by atoms with Gasteiger partial charge in [0.05, 0.1) is 0 Å². The second kappa shape index (κ2) is 3.37. The quantitative estimate of drug-likeness (QED) is 0.515. The zero-order chi connectivity index (χ0) is 10.4. The van der Waals surface area contributed by atoms with Gasteiger partial charge >= 0.3 is 16.5 Å². The van der Waals surface area contributed by atoms with Gasteiger partial charge in [0.15, 0.2) is 16.3 Å². The van der Waals surface area contributed by atoms with Gasteiger partial charge < -0.3 is 3.55 Å². The maximum atomic E-state index is 4.16. The van der Waals surface area contributed by atoms with Crippen molar-refractivity contribution in [2.24, 2.45) is 0 Å². The van der Waals surface area contributed by atoms with Crippen molar-refractivity contribution in [2.45, 2.75) is 0 Å². The molecule has 3 aromatic rings. The van der Waals surface area contributed by atoms with Gasteiger partial charge in [-0.05, 0) is 6.07 Å². The van der Waals surface area contributed by atoms with Crippen molar-refractivity contribution in [1.29, 1.82) is 0 Å². The maximum Gasteiger partial charge on any atom is 0.318 e. The van der Waals surface area contributed by atoms with Gasteiger partial charge in [-0.2, -0.15) is 0 Å². The Labute approximate surface area is 104 Å². The lowest BCUT2D eigenvalue weighted by atomic mass is 10.2. The lowest BCUT2D eigenvalue weighted by Crippen LogP contribution is -2.07. The molecule has 0 spiro atoms. The number of benzene rings is 1. The summed E-state index contributed by atoms with van der Waals surface area (Å²) in [7, 11) is 0. The first-order chi connectivity index (χ1) is 7.29. The third-order valence-corrected chi connectivity index (χ3v) is 3.66. The molecule has 3 rings (SSSR count). The molecule has 0 N–H and O–H groups in total. The van der Waals surface area contributed by atoms with Crippen LogP contribution in [0.1, 0.15) is 0 Å². The number of aromatic nitrogens is 2. The molecule has 0 atom stereocenters. The van der Waals surface area contributed by atoms with E-state index in [-0.39, 0.29) is 0 Å². The number of rotatable bonds is 0. The first kappa shape index (κ1) is 9.46. The van der Waals surface area contributed by atoms with Gasteiger partial charge in [0.2, 0.25) is 0 Å². The second-order valence-electron chi connectivity index (χ2n) is 3.51. The third-order valence-electron chi connectivity index (χ3n) is 2.66. The predicted octanol–water partition coefficient (Wildman–Crippen LogP) is 0.915. The van der Waals surface area contributed by atoms with Crippen molar-refractivity contribution in [3.8, 4) is 0 Å². The van der Waals surface area contributed by atoms with Gasteiger partial charge in [0.1, 0.15) is 0 Å². The fourth-order valence-corrected chi connectivity index (χ4v) is 3.02. The highest BCUT2D eigenvalue weighted by Crippen LogP contribution is 2.24. The molecule has 1 aromatic carbocycles. The maximum absolute atomic E-state index is 4.16. The zero-order valence-corrected chi connectivity index (χ0v) is 10.3. The summed E-state index contributed by atoms with van der Waals surface area (Å²) in [6.07, 6.45) is 3.73. The molecule has 66 valence electrons. The predicted molar refractivity (Wildman–Crippen MR) is 63.8 cm³/mol.